The lowest BCUT2D eigenvalue weighted by Gasteiger charge is -2.11. The molecule has 0 radical (unpaired) electrons. The molecule has 1 aliphatic carbocycles. The number of hydrogen-bond donors (Lipinski definition) is 0. The predicted octanol–water partition coefficient (Wildman–Crippen LogP) is 3.34. The van der Waals surface area contributed by atoms with Gasteiger partial charge in [0.15, 0.2) is 0 Å². The molecule has 1 unspecified atom stereocenters. The molecule has 10 heavy (non-hydrogen) atoms. The third kappa shape index (κ3) is 1.12. The Morgan fingerprint density at radius 2 is 2.10 bits per heavy atom. The number of rotatable bonds is 0. The van der Waals surface area contributed by atoms with Gasteiger partial charge in [0.25, 0.3) is 0 Å². The first-order valence-electron chi connectivity index (χ1n) is 4.24. The van der Waals surface area contributed by atoms with Crippen molar-refractivity contribution in [2.24, 2.45) is 0 Å². The van der Waals surface area contributed by atoms with E-state index < -0.39 is 0 Å². The van der Waals surface area contributed by atoms with Crippen LogP contribution in [-0.4, -0.2) is 5.25 Å². The van der Waals surface area contributed by atoms with Crippen molar-refractivity contribution in [1.82, 2.24) is 0 Å². The van der Waals surface area contributed by atoms with Gasteiger partial charge in [0.2, 0.25) is 0 Å². The van der Waals surface area contributed by atoms with Crippen LogP contribution in [0.1, 0.15) is 39.0 Å². The lowest BCUT2D eigenvalue weighted by Crippen LogP contribution is -1.92. The quantitative estimate of drug-likeness (QED) is 0.515. The monoisotopic (exact) mass is 154 g/mol. The predicted molar refractivity (Wildman–Crippen MR) is 47.2 cm³/mol. The summed E-state index contributed by atoms with van der Waals surface area (Å²) >= 11 is 2.13. The molecule has 0 fully saturated rings. The second-order valence-electron chi connectivity index (χ2n) is 3.37. The molecule has 0 saturated heterocycles. The van der Waals surface area contributed by atoms with Crippen molar-refractivity contribution in [1.29, 1.82) is 0 Å². The van der Waals surface area contributed by atoms with E-state index >= 15 is 0 Å². The maximum absolute atomic E-state index is 2.35. The Morgan fingerprint density at radius 3 is 2.90 bits per heavy atom. The topological polar surface area (TPSA) is 0 Å². The van der Waals surface area contributed by atoms with Crippen molar-refractivity contribution in [2.75, 3.05) is 0 Å². The fourth-order valence-corrected chi connectivity index (χ4v) is 3.31. The first-order chi connectivity index (χ1) is 4.86. The number of thioether (sulfide) groups is 1. The summed E-state index contributed by atoms with van der Waals surface area (Å²) in [4.78, 5) is 1.75. The van der Waals surface area contributed by atoms with Crippen LogP contribution in [0, 0.1) is 0 Å². The summed E-state index contributed by atoms with van der Waals surface area (Å²) in [6.07, 6.45) is 7.08. The summed E-state index contributed by atoms with van der Waals surface area (Å²) in [5, 5.41) is 0.892. The van der Waals surface area contributed by atoms with Crippen molar-refractivity contribution in [3.8, 4) is 0 Å². The van der Waals surface area contributed by atoms with Crippen LogP contribution in [0.2, 0.25) is 0 Å². The maximum Gasteiger partial charge on any atom is 0.0100 e. The van der Waals surface area contributed by atoms with E-state index in [0.717, 1.165) is 5.25 Å². The Kier molecular flexibility index (Phi) is 1.77. The molecule has 0 amide bonds. The SMILES string of the molecule is CC1CC2=C(CCCC2)S1. The van der Waals surface area contributed by atoms with Gasteiger partial charge in [-0.2, -0.15) is 0 Å². The van der Waals surface area contributed by atoms with Crippen molar-refractivity contribution in [3.05, 3.63) is 10.5 Å². The highest BCUT2D eigenvalue weighted by Crippen LogP contribution is 2.44. The van der Waals surface area contributed by atoms with Crippen molar-refractivity contribution >= 4 is 11.8 Å². The molecule has 56 valence electrons. The largest absolute Gasteiger partial charge is 0.127 e. The average molecular weight is 154 g/mol. The Hall–Kier alpha value is 0.0900. The van der Waals surface area contributed by atoms with Gasteiger partial charge in [-0.1, -0.05) is 12.5 Å². The molecule has 1 heterocycles. The molecule has 0 aromatic heterocycles. The van der Waals surface area contributed by atoms with Gasteiger partial charge in [0.1, 0.15) is 0 Å². The maximum atomic E-state index is 2.35. The Balaban J connectivity index is 2.13. The van der Waals surface area contributed by atoms with Gasteiger partial charge in [0.05, 0.1) is 0 Å². The van der Waals surface area contributed by atoms with Crippen molar-refractivity contribution in [3.63, 3.8) is 0 Å². The molecular weight excluding hydrogens is 140 g/mol. The first-order valence-corrected chi connectivity index (χ1v) is 5.12. The first kappa shape index (κ1) is 6.78. The molecule has 2 aliphatic rings. The molecule has 0 aromatic carbocycles. The second-order valence-corrected chi connectivity index (χ2v) is 4.90. The zero-order valence-electron chi connectivity index (χ0n) is 6.52. The van der Waals surface area contributed by atoms with E-state index in [-0.39, 0.29) is 0 Å². The Labute approximate surface area is 67.1 Å². The zero-order valence-corrected chi connectivity index (χ0v) is 7.34. The van der Waals surface area contributed by atoms with Crippen LogP contribution >= 0.6 is 11.8 Å². The van der Waals surface area contributed by atoms with Crippen LogP contribution in [0.15, 0.2) is 10.5 Å². The molecule has 0 bridgehead atoms. The van der Waals surface area contributed by atoms with E-state index in [1.165, 1.54) is 32.1 Å². The van der Waals surface area contributed by atoms with E-state index in [0.29, 0.717) is 0 Å². The lowest BCUT2D eigenvalue weighted by molar-refractivity contribution is 0.677. The third-order valence-corrected chi connectivity index (χ3v) is 3.75. The Bertz CT molecular complexity index is 152. The zero-order chi connectivity index (χ0) is 6.97. The van der Waals surface area contributed by atoms with Crippen molar-refractivity contribution < 1.29 is 0 Å². The van der Waals surface area contributed by atoms with Gasteiger partial charge in [0, 0.05) is 5.25 Å². The van der Waals surface area contributed by atoms with Gasteiger partial charge in [-0.3, -0.25) is 0 Å². The fourth-order valence-electron chi connectivity index (χ4n) is 1.93. The van der Waals surface area contributed by atoms with Crippen LogP contribution in [-0.2, 0) is 0 Å². The highest BCUT2D eigenvalue weighted by molar-refractivity contribution is 8.03. The van der Waals surface area contributed by atoms with E-state index in [1.807, 2.05) is 0 Å². The van der Waals surface area contributed by atoms with E-state index in [1.54, 1.807) is 10.5 Å². The average Bonchev–Trinajstić information content (AvgIpc) is 2.27. The minimum absolute atomic E-state index is 0.892. The number of hydrogen-bond acceptors (Lipinski definition) is 1. The molecule has 1 heteroatoms. The normalized spacial score (nSPS) is 32.7. The van der Waals surface area contributed by atoms with Gasteiger partial charge < -0.3 is 0 Å². The van der Waals surface area contributed by atoms with E-state index in [9.17, 15) is 0 Å². The van der Waals surface area contributed by atoms with Gasteiger partial charge in [-0.05, 0) is 37.0 Å². The van der Waals surface area contributed by atoms with Crippen LogP contribution in [0.5, 0.6) is 0 Å². The molecule has 0 spiro atoms. The summed E-state index contributed by atoms with van der Waals surface area (Å²) in [7, 11) is 0. The summed E-state index contributed by atoms with van der Waals surface area (Å²) < 4.78 is 0. The standard InChI is InChI=1S/C9H14S/c1-7-6-8-4-2-3-5-9(8)10-7/h7H,2-6H2,1H3. The summed E-state index contributed by atoms with van der Waals surface area (Å²) in [5.74, 6) is 0. The Morgan fingerprint density at radius 1 is 1.30 bits per heavy atom. The van der Waals surface area contributed by atoms with Crippen LogP contribution in [0.4, 0.5) is 0 Å². The molecule has 0 nitrogen and oxygen atoms in total. The van der Waals surface area contributed by atoms with E-state index in [4.69, 9.17) is 0 Å². The summed E-state index contributed by atoms with van der Waals surface area (Å²) in [6, 6.07) is 0. The van der Waals surface area contributed by atoms with Crippen LogP contribution in [0.25, 0.3) is 0 Å². The smallest absolute Gasteiger partial charge is 0.0100 e. The molecule has 0 aromatic rings. The van der Waals surface area contributed by atoms with Gasteiger partial charge >= 0.3 is 0 Å². The lowest BCUT2D eigenvalue weighted by atomic mass is 9.96. The third-order valence-electron chi connectivity index (χ3n) is 2.40. The fraction of sp³-hybridized carbons (Fsp3) is 0.778. The highest BCUT2D eigenvalue weighted by atomic mass is 32.2. The highest BCUT2D eigenvalue weighted by Gasteiger charge is 2.22. The van der Waals surface area contributed by atoms with Gasteiger partial charge in [-0.25, -0.2) is 0 Å². The second kappa shape index (κ2) is 2.61. The van der Waals surface area contributed by atoms with Crippen molar-refractivity contribution in [2.45, 2.75) is 44.3 Å². The van der Waals surface area contributed by atoms with Gasteiger partial charge in [-0.15, -0.1) is 11.8 Å². The minimum Gasteiger partial charge on any atom is -0.127 e. The molecule has 2 rings (SSSR count). The molecular formula is C9H14S. The molecule has 0 saturated carbocycles. The molecule has 1 atom stereocenters. The minimum atomic E-state index is 0.892. The molecule has 1 aliphatic heterocycles. The summed E-state index contributed by atoms with van der Waals surface area (Å²) in [5.41, 5.74) is 1.80. The van der Waals surface area contributed by atoms with Crippen LogP contribution in [0.3, 0.4) is 0 Å². The van der Waals surface area contributed by atoms with Crippen LogP contribution < -0.4 is 0 Å². The number of allylic oxidation sites excluding steroid dienone is 2. The summed E-state index contributed by atoms with van der Waals surface area (Å²) in [6.45, 7) is 2.35. The molecule has 0 N–H and O–H groups in total. The van der Waals surface area contributed by atoms with E-state index in [2.05, 4.69) is 18.7 Å².